The average molecular weight is 453 g/mol. The first-order chi connectivity index (χ1) is 15.4. The van der Waals surface area contributed by atoms with Crippen molar-refractivity contribution in [2.75, 3.05) is 13.1 Å². The lowest BCUT2D eigenvalue weighted by molar-refractivity contribution is -0.0210. The normalized spacial score (nSPS) is 22.4. The molecule has 1 aliphatic heterocycles. The molecule has 32 heavy (non-hydrogen) atoms. The van der Waals surface area contributed by atoms with Crippen LogP contribution in [-0.4, -0.2) is 56.9 Å². The van der Waals surface area contributed by atoms with Gasteiger partial charge in [0.15, 0.2) is 0 Å². The van der Waals surface area contributed by atoms with Crippen molar-refractivity contribution < 1.29 is 14.0 Å². The van der Waals surface area contributed by atoms with Crippen LogP contribution in [0.5, 0.6) is 0 Å². The highest BCUT2D eigenvalue weighted by Gasteiger charge is 2.37. The summed E-state index contributed by atoms with van der Waals surface area (Å²) < 4.78 is 12.1. The fraction of sp³-hybridized carbons (Fsp3) is 0.500. The Morgan fingerprint density at radius 1 is 0.906 bits per heavy atom. The summed E-state index contributed by atoms with van der Waals surface area (Å²) in [6.07, 6.45) is 4.27. The standard InChI is InChI=1S/C26H36N2O3Si/c1-26(2,3)30-25(29)27-20-14-16-21(17-15-20)28-18-22(19-28)31-32(23-10-6-4-7-11-23)24-12-8-5-9-13-24/h4-13,20-22,32H,14-19H2,1-3H3,(H,27,29). The molecule has 2 fully saturated rings. The lowest BCUT2D eigenvalue weighted by Crippen LogP contribution is -2.61. The number of nitrogens with zero attached hydrogens (tertiary/aromatic N) is 1. The fourth-order valence-corrected chi connectivity index (χ4v) is 7.11. The smallest absolute Gasteiger partial charge is 0.407 e. The number of alkyl carbamates (subject to hydrolysis) is 1. The number of likely N-dealkylation sites (tertiary alicyclic amines) is 1. The lowest BCUT2D eigenvalue weighted by Gasteiger charge is -2.47. The molecule has 0 unspecified atom stereocenters. The van der Waals surface area contributed by atoms with Gasteiger partial charge in [0.1, 0.15) is 5.60 Å². The van der Waals surface area contributed by atoms with Crippen molar-refractivity contribution in [2.24, 2.45) is 0 Å². The zero-order valence-electron chi connectivity index (χ0n) is 19.5. The Balaban J connectivity index is 1.25. The minimum atomic E-state index is -1.68. The van der Waals surface area contributed by atoms with E-state index >= 15 is 0 Å². The van der Waals surface area contributed by atoms with Gasteiger partial charge in [-0.1, -0.05) is 60.7 Å². The van der Waals surface area contributed by atoms with Crippen molar-refractivity contribution >= 4 is 25.5 Å². The van der Waals surface area contributed by atoms with Crippen molar-refractivity contribution in [3.8, 4) is 0 Å². The van der Waals surface area contributed by atoms with E-state index < -0.39 is 14.6 Å². The number of amides is 1. The van der Waals surface area contributed by atoms with Crippen LogP contribution in [0.1, 0.15) is 46.5 Å². The van der Waals surface area contributed by atoms with Gasteiger partial charge >= 0.3 is 6.09 Å². The fourth-order valence-electron chi connectivity index (χ4n) is 4.71. The van der Waals surface area contributed by atoms with Crippen LogP contribution >= 0.6 is 0 Å². The summed E-state index contributed by atoms with van der Waals surface area (Å²) in [5.41, 5.74) is -0.450. The van der Waals surface area contributed by atoms with E-state index in [2.05, 4.69) is 70.9 Å². The summed E-state index contributed by atoms with van der Waals surface area (Å²) in [5.74, 6) is 0. The highest BCUT2D eigenvalue weighted by molar-refractivity contribution is 6.80. The van der Waals surface area contributed by atoms with Crippen molar-refractivity contribution in [3.05, 3.63) is 60.7 Å². The van der Waals surface area contributed by atoms with Crippen LogP contribution in [0.25, 0.3) is 0 Å². The van der Waals surface area contributed by atoms with Gasteiger partial charge in [-0.25, -0.2) is 4.79 Å². The van der Waals surface area contributed by atoms with Crippen molar-refractivity contribution in [1.29, 1.82) is 0 Å². The third-order valence-corrected chi connectivity index (χ3v) is 8.98. The molecule has 1 saturated heterocycles. The monoisotopic (exact) mass is 452 g/mol. The number of nitrogens with one attached hydrogen (secondary N) is 1. The van der Waals surface area contributed by atoms with Crippen LogP contribution < -0.4 is 15.7 Å². The zero-order valence-corrected chi connectivity index (χ0v) is 20.7. The highest BCUT2D eigenvalue weighted by atomic mass is 28.3. The molecule has 0 bridgehead atoms. The second kappa shape index (κ2) is 10.2. The quantitative estimate of drug-likeness (QED) is 0.685. The summed E-state index contributed by atoms with van der Waals surface area (Å²) in [6.45, 7) is 7.72. The molecule has 1 N–H and O–H groups in total. The van der Waals surface area contributed by atoms with E-state index in [1.807, 2.05) is 20.8 Å². The van der Waals surface area contributed by atoms with Crippen molar-refractivity contribution in [3.63, 3.8) is 0 Å². The van der Waals surface area contributed by atoms with E-state index in [0.717, 1.165) is 38.8 Å². The Kier molecular flexibility index (Phi) is 7.33. The molecule has 0 spiro atoms. The molecule has 2 aliphatic rings. The highest BCUT2D eigenvalue weighted by Crippen LogP contribution is 2.28. The average Bonchev–Trinajstić information content (AvgIpc) is 2.74. The largest absolute Gasteiger partial charge is 0.444 e. The van der Waals surface area contributed by atoms with Gasteiger partial charge in [0, 0.05) is 25.2 Å². The lowest BCUT2D eigenvalue weighted by atomic mass is 9.88. The van der Waals surface area contributed by atoms with Gasteiger partial charge < -0.3 is 14.5 Å². The first-order valence-electron chi connectivity index (χ1n) is 11.9. The number of benzene rings is 2. The molecule has 4 rings (SSSR count). The van der Waals surface area contributed by atoms with Gasteiger partial charge in [0.2, 0.25) is 9.04 Å². The second-order valence-corrected chi connectivity index (χ2v) is 12.4. The van der Waals surface area contributed by atoms with E-state index in [4.69, 9.17) is 9.16 Å². The molecule has 5 nitrogen and oxygen atoms in total. The van der Waals surface area contributed by atoms with E-state index in [9.17, 15) is 4.79 Å². The van der Waals surface area contributed by atoms with Crippen LogP contribution in [0.4, 0.5) is 4.79 Å². The first-order valence-corrected chi connectivity index (χ1v) is 13.5. The Hall–Kier alpha value is -2.15. The van der Waals surface area contributed by atoms with Crippen molar-refractivity contribution in [2.45, 2.75) is 70.2 Å². The van der Waals surface area contributed by atoms with Crippen LogP contribution in [-0.2, 0) is 9.16 Å². The minimum absolute atomic E-state index is 0.224. The maximum Gasteiger partial charge on any atom is 0.407 e. The number of carbonyl (C=O) groups is 1. The summed E-state index contributed by atoms with van der Waals surface area (Å²) >= 11 is 0. The summed E-state index contributed by atoms with van der Waals surface area (Å²) in [7, 11) is -1.68. The van der Waals surface area contributed by atoms with Crippen LogP contribution in [0.2, 0.25) is 0 Å². The Bertz CT molecular complexity index is 818. The predicted octanol–water partition coefficient (Wildman–Crippen LogP) is 3.06. The third-order valence-electron chi connectivity index (χ3n) is 6.34. The molecule has 0 atom stereocenters. The van der Waals surface area contributed by atoms with E-state index in [1.54, 1.807) is 0 Å². The van der Waals surface area contributed by atoms with Gasteiger partial charge in [-0.2, -0.15) is 0 Å². The number of ether oxygens (including phenoxy) is 1. The Morgan fingerprint density at radius 2 is 1.44 bits per heavy atom. The van der Waals surface area contributed by atoms with Crippen LogP contribution in [0, 0.1) is 0 Å². The number of carbonyl (C=O) groups excluding carboxylic acids is 1. The zero-order chi connectivity index (χ0) is 22.6. The molecule has 0 radical (unpaired) electrons. The number of hydrogen-bond donors (Lipinski definition) is 1. The van der Waals surface area contributed by atoms with Gasteiger partial charge in [-0.15, -0.1) is 0 Å². The molecule has 1 saturated carbocycles. The first kappa shape index (κ1) is 23.0. The molecule has 1 heterocycles. The van der Waals surface area contributed by atoms with E-state index in [1.165, 1.54) is 10.4 Å². The molecular weight excluding hydrogens is 416 g/mol. The third kappa shape index (κ3) is 6.21. The molecule has 172 valence electrons. The number of hydrogen-bond acceptors (Lipinski definition) is 4. The van der Waals surface area contributed by atoms with Crippen LogP contribution in [0.15, 0.2) is 60.7 Å². The molecule has 0 aromatic heterocycles. The van der Waals surface area contributed by atoms with Crippen LogP contribution in [0.3, 0.4) is 0 Å². The van der Waals surface area contributed by atoms with E-state index in [-0.39, 0.29) is 12.1 Å². The summed E-state index contributed by atoms with van der Waals surface area (Å²) in [5, 5.41) is 5.72. The molecule has 1 amide bonds. The maximum absolute atomic E-state index is 12.0. The number of rotatable bonds is 6. The predicted molar refractivity (Wildman–Crippen MR) is 131 cm³/mol. The Morgan fingerprint density at radius 3 is 1.94 bits per heavy atom. The molecule has 1 aliphatic carbocycles. The molecule has 6 heteroatoms. The van der Waals surface area contributed by atoms with Gasteiger partial charge in [0.25, 0.3) is 0 Å². The molecular formula is C26H36N2O3Si. The SMILES string of the molecule is CC(C)(C)OC(=O)NC1CCC(N2CC(O[SiH](c3ccccc3)c3ccccc3)C2)CC1. The minimum Gasteiger partial charge on any atom is -0.444 e. The Labute approximate surface area is 193 Å². The van der Waals surface area contributed by atoms with E-state index in [0.29, 0.717) is 12.1 Å². The topological polar surface area (TPSA) is 50.8 Å². The van der Waals surface area contributed by atoms with Gasteiger partial charge in [-0.05, 0) is 56.8 Å². The summed E-state index contributed by atoms with van der Waals surface area (Å²) in [4.78, 5) is 14.6. The van der Waals surface area contributed by atoms with Crippen molar-refractivity contribution in [1.82, 2.24) is 10.2 Å². The molecule has 2 aromatic carbocycles. The van der Waals surface area contributed by atoms with Gasteiger partial charge in [-0.3, -0.25) is 4.90 Å². The second-order valence-electron chi connectivity index (χ2n) is 10.1. The molecule has 2 aromatic rings. The summed E-state index contributed by atoms with van der Waals surface area (Å²) in [6, 6.07) is 22.2. The van der Waals surface area contributed by atoms with Gasteiger partial charge in [0.05, 0.1) is 6.10 Å². The maximum atomic E-state index is 12.0.